The molecule has 0 saturated carbocycles. The maximum absolute atomic E-state index is 2.28. The summed E-state index contributed by atoms with van der Waals surface area (Å²) >= 11 is 0. The minimum atomic E-state index is 0. The molecule has 444 valence electrons. The number of rotatable bonds is 4. The number of halogens is 2. The largest absolute Gasteiger partial charge is 1.00 e. The average molecular weight is 1570 g/mol. The Morgan fingerprint density at radius 2 is 0.367 bits per heavy atom. The topological polar surface area (TPSA) is 0 Å². The molecule has 16 aromatic rings. The van der Waals surface area contributed by atoms with Crippen molar-refractivity contribution in [2.75, 3.05) is 0 Å². The van der Waals surface area contributed by atoms with Gasteiger partial charge in [0.15, 0.2) is 0 Å². The maximum atomic E-state index is 2.28. The second-order valence-corrected chi connectivity index (χ2v) is 24.5. The first-order valence-corrected chi connectivity index (χ1v) is 33.9. The van der Waals surface area contributed by atoms with Crippen LogP contribution in [0.3, 0.4) is 0 Å². The van der Waals surface area contributed by atoms with Gasteiger partial charge >= 0.3 is 0 Å². The molecule has 4 radical (unpaired) electrons. The molecule has 0 aliphatic rings. The van der Waals surface area contributed by atoms with Gasteiger partial charge in [0.25, 0.3) is 0 Å². The van der Waals surface area contributed by atoms with E-state index in [1.54, 1.807) is 0 Å². The Bertz CT molecular complexity index is 4320. The van der Waals surface area contributed by atoms with E-state index in [1.165, 1.54) is 153 Å². The summed E-state index contributed by atoms with van der Waals surface area (Å²) in [6.07, 6.45) is 0. The fourth-order valence-corrected chi connectivity index (χ4v) is 12.3. The minimum absolute atomic E-state index is 0. The molecule has 16 aromatic carbocycles. The number of benzene rings is 12. The summed E-state index contributed by atoms with van der Waals surface area (Å²) in [6, 6.07) is 105. The van der Waals surface area contributed by atoms with Gasteiger partial charge in [-0.3, -0.25) is 0 Å². The van der Waals surface area contributed by atoms with Crippen LogP contribution in [0.15, 0.2) is 291 Å². The first-order chi connectivity index (χ1) is 42.1. The van der Waals surface area contributed by atoms with E-state index in [9.17, 15) is 0 Å². The van der Waals surface area contributed by atoms with Crippen molar-refractivity contribution in [1.82, 2.24) is 0 Å². The van der Waals surface area contributed by atoms with Gasteiger partial charge in [-0.2, -0.15) is 24.3 Å². The minimum Gasteiger partial charge on any atom is -1.00 e. The van der Waals surface area contributed by atoms with E-state index >= 15 is 0 Å². The Balaban J connectivity index is 0.000000163. The van der Waals surface area contributed by atoms with Gasteiger partial charge in [0.05, 0.1) is 0 Å². The fourth-order valence-electron chi connectivity index (χ4n) is 12.3. The standard InChI is InChI=1S/4C20H15.2C2H6Si.2ClH.2Hf/c4*1-14-12-16-8-5-11-19(20(16)13-14)18-10-4-7-15-6-2-3-9-17(15)18;2*1-3-2;;;;/h4*2-13H,1H3;2*1-2H3;2*1H;;/q4*-1;;;;;;/p-2. The van der Waals surface area contributed by atoms with E-state index in [-0.39, 0.29) is 76.5 Å². The van der Waals surface area contributed by atoms with E-state index in [1.807, 2.05) is 0 Å². The molecule has 0 aliphatic carbocycles. The van der Waals surface area contributed by atoms with Gasteiger partial charge in [-0.15, -0.1) is 138 Å². The van der Waals surface area contributed by atoms with Crippen molar-refractivity contribution in [1.29, 1.82) is 0 Å². The van der Waals surface area contributed by atoms with Crippen molar-refractivity contribution >= 4 is 105 Å². The molecule has 16 rings (SSSR count). The monoisotopic (exact) mass is 1570 g/mol. The summed E-state index contributed by atoms with van der Waals surface area (Å²) in [5, 5.41) is 21.2. The van der Waals surface area contributed by atoms with Crippen molar-refractivity contribution in [2.45, 2.75) is 53.9 Å². The summed E-state index contributed by atoms with van der Waals surface area (Å²) in [7, 11) is 2.17. The van der Waals surface area contributed by atoms with Crippen molar-refractivity contribution in [2.24, 2.45) is 0 Å². The summed E-state index contributed by atoms with van der Waals surface area (Å²) in [5.74, 6) is 0. The Labute approximate surface area is 587 Å². The van der Waals surface area contributed by atoms with Crippen LogP contribution in [0.25, 0.3) is 131 Å². The van der Waals surface area contributed by atoms with Gasteiger partial charge in [0, 0.05) is 70.7 Å². The van der Waals surface area contributed by atoms with Crippen molar-refractivity contribution < 1.29 is 76.5 Å². The van der Waals surface area contributed by atoms with Gasteiger partial charge in [-0.05, 0) is 65.3 Å². The Hall–Kier alpha value is -7.13. The van der Waals surface area contributed by atoms with E-state index in [2.05, 4.69) is 345 Å². The maximum Gasteiger partial charge on any atom is 0.0307 e. The number of hydrogen-bond acceptors (Lipinski definition) is 0. The first kappa shape index (κ1) is 70.3. The van der Waals surface area contributed by atoms with Crippen LogP contribution in [0.5, 0.6) is 0 Å². The van der Waals surface area contributed by atoms with E-state index < -0.39 is 0 Å². The molecule has 0 fully saturated rings. The summed E-state index contributed by atoms with van der Waals surface area (Å²) in [5.41, 5.74) is 15.9. The summed E-state index contributed by atoms with van der Waals surface area (Å²) < 4.78 is 0. The molecule has 0 amide bonds. The van der Waals surface area contributed by atoms with Crippen LogP contribution in [-0.4, -0.2) is 19.0 Å². The molecule has 0 nitrogen and oxygen atoms in total. The summed E-state index contributed by atoms with van der Waals surface area (Å²) in [6.45, 7) is 17.2. The molecule has 0 N–H and O–H groups in total. The smallest absolute Gasteiger partial charge is 0.0307 e. The van der Waals surface area contributed by atoms with Gasteiger partial charge in [0.2, 0.25) is 0 Å². The zero-order valence-corrected chi connectivity index (χ0v) is 63.2. The van der Waals surface area contributed by atoms with Crippen LogP contribution >= 0.6 is 0 Å². The normalized spacial score (nSPS) is 10.4. The zero-order chi connectivity index (χ0) is 59.5. The van der Waals surface area contributed by atoms with E-state index in [0.29, 0.717) is 0 Å². The van der Waals surface area contributed by atoms with Gasteiger partial charge in [-0.1, -0.05) is 270 Å². The Morgan fingerprint density at radius 1 is 0.211 bits per heavy atom. The molecule has 90 heavy (non-hydrogen) atoms. The van der Waals surface area contributed by atoms with Crippen LogP contribution < -0.4 is 24.8 Å². The molecule has 0 spiro atoms. The van der Waals surface area contributed by atoms with Gasteiger partial charge in [0.1, 0.15) is 0 Å². The molecule has 0 aromatic heterocycles. The van der Waals surface area contributed by atoms with Crippen molar-refractivity contribution in [3.63, 3.8) is 0 Å². The predicted octanol–water partition coefficient (Wildman–Crippen LogP) is 18.3. The van der Waals surface area contributed by atoms with E-state index in [4.69, 9.17) is 0 Å². The van der Waals surface area contributed by atoms with Gasteiger partial charge < -0.3 is 24.8 Å². The second-order valence-electron chi connectivity index (χ2n) is 22.5. The summed E-state index contributed by atoms with van der Waals surface area (Å²) in [4.78, 5) is 0. The van der Waals surface area contributed by atoms with Crippen molar-refractivity contribution in [3.8, 4) is 44.5 Å². The SMILES string of the molecule is C[Si]C.C[Si]C.Cc1cc2c(-c3cccc4ccccc34)cccc2[cH-]1.Cc1cc2c(-c3cccc4ccccc34)cccc2[cH-]1.Cc1cc2c(-c3cccc4ccccc34)cccc2[cH-]1.Cc1cc2c(-c3cccc4ccccc34)cccc2[cH-]1.[Cl-].[Cl-].[Hf].[Hf]. The average Bonchev–Trinajstić information content (AvgIpc) is 1.95. The second kappa shape index (κ2) is 33.3. The van der Waals surface area contributed by atoms with Crippen LogP contribution in [-0.2, 0) is 51.7 Å². The Morgan fingerprint density at radius 3 is 0.567 bits per heavy atom. The molecule has 0 saturated heterocycles. The molecule has 0 unspecified atom stereocenters. The number of aryl methyl sites for hydroxylation is 4. The van der Waals surface area contributed by atoms with Crippen LogP contribution in [0.4, 0.5) is 0 Å². The zero-order valence-electron chi connectivity index (χ0n) is 52.5. The molecule has 6 heteroatoms. The molecule has 0 atom stereocenters. The molecule has 0 bridgehead atoms. The van der Waals surface area contributed by atoms with Crippen LogP contribution in [0.2, 0.25) is 26.2 Å². The fraction of sp³-hybridized carbons (Fsp3) is 0.0952. The molecule has 0 heterocycles. The molecule has 0 aliphatic heterocycles. The first-order valence-electron chi connectivity index (χ1n) is 29.9. The third-order valence-corrected chi connectivity index (χ3v) is 15.9. The molecular formula is C84H72Cl2Hf2Si2-6. The Kier molecular flexibility index (Phi) is 26.0. The third-order valence-electron chi connectivity index (χ3n) is 15.9. The predicted molar refractivity (Wildman–Crippen MR) is 384 cm³/mol. The van der Waals surface area contributed by atoms with Crippen LogP contribution in [0, 0.1) is 27.7 Å². The van der Waals surface area contributed by atoms with Gasteiger partial charge in [-0.25, -0.2) is 0 Å². The van der Waals surface area contributed by atoms with Crippen molar-refractivity contribution in [3.05, 3.63) is 313 Å². The van der Waals surface area contributed by atoms with E-state index in [0.717, 1.165) is 19.0 Å². The quantitative estimate of drug-likeness (QED) is 0.122. The number of fused-ring (bicyclic) bond motifs is 8. The molecular weight excluding hydrogens is 1490 g/mol. The van der Waals surface area contributed by atoms with Crippen LogP contribution in [0.1, 0.15) is 22.3 Å². The number of hydrogen-bond donors (Lipinski definition) is 0. The third kappa shape index (κ3) is 15.8.